The van der Waals surface area contributed by atoms with E-state index < -0.39 is 0 Å². The quantitative estimate of drug-likeness (QED) is 0.490. The summed E-state index contributed by atoms with van der Waals surface area (Å²) >= 11 is 3.76. The Labute approximate surface area is 60.0 Å². The van der Waals surface area contributed by atoms with Crippen LogP contribution < -0.4 is 0 Å². The Hall–Kier alpha value is -0.760. The molecule has 0 unspecified atom stereocenters. The smallest absolute Gasteiger partial charge is 0.0776 e. The molecule has 46 valence electrons. The molecular weight excluding hydrogens is 130 g/mol. The van der Waals surface area contributed by atoms with Crippen LogP contribution in [-0.4, -0.2) is 5.71 Å². The summed E-state index contributed by atoms with van der Waals surface area (Å²) in [5, 5.41) is 0. The fourth-order valence-electron chi connectivity index (χ4n) is 0.608. The van der Waals surface area contributed by atoms with E-state index in [4.69, 9.17) is 0 Å². The summed E-state index contributed by atoms with van der Waals surface area (Å²) in [6, 6.07) is 0. The van der Waals surface area contributed by atoms with Gasteiger partial charge in [-0.05, 0) is 24.5 Å². The van der Waals surface area contributed by atoms with Crippen molar-refractivity contribution in [2.75, 3.05) is 0 Å². The van der Waals surface area contributed by atoms with Crippen LogP contribution in [0.15, 0.2) is 40.9 Å². The van der Waals surface area contributed by atoms with Crippen molar-refractivity contribution in [2.24, 2.45) is 4.40 Å². The first-order valence-corrected chi connectivity index (χ1v) is 3.00. The number of hydrogen-bond donors (Lipinski definition) is 1. The first kappa shape index (κ1) is 6.36. The minimum Gasteiger partial charge on any atom is -0.219 e. The number of thiol groups is 1. The van der Waals surface area contributed by atoms with Crippen LogP contribution in [0.4, 0.5) is 0 Å². The molecule has 0 amide bonds. The second kappa shape index (κ2) is 2.69. The van der Waals surface area contributed by atoms with Gasteiger partial charge in [0.2, 0.25) is 0 Å². The van der Waals surface area contributed by atoms with Crippen molar-refractivity contribution >= 4 is 18.5 Å². The predicted octanol–water partition coefficient (Wildman–Crippen LogP) is 1.95. The molecule has 0 atom stereocenters. The second-order valence-corrected chi connectivity index (χ2v) is 1.93. The molecule has 0 heterocycles. The van der Waals surface area contributed by atoms with E-state index in [1.807, 2.05) is 24.3 Å². The maximum atomic E-state index is 3.76. The molecular formula is C7H7NS. The Kier molecular flexibility index (Phi) is 1.90. The normalized spacial score (nSPS) is 21.4. The van der Waals surface area contributed by atoms with Crippen molar-refractivity contribution in [3.05, 3.63) is 36.5 Å². The van der Waals surface area contributed by atoms with Gasteiger partial charge in [-0.1, -0.05) is 24.8 Å². The number of nitrogens with zero attached hydrogens (tertiary/aromatic N) is 1. The highest BCUT2D eigenvalue weighted by Crippen LogP contribution is 2.05. The first-order valence-electron chi connectivity index (χ1n) is 2.60. The molecule has 0 saturated carbocycles. The SMILES string of the molecule is C=C1C=CC=C/C1=N\S. The summed E-state index contributed by atoms with van der Waals surface area (Å²) in [5.41, 5.74) is 1.74. The monoisotopic (exact) mass is 137 g/mol. The van der Waals surface area contributed by atoms with Crippen molar-refractivity contribution in [3.63, 3.8) is 0 Å². The van der Waals surface area contributed by atoms with Crippen LogP contribution in [0.5, 0.6) is 0 Å². The zero-order chi connectivity index (χ0) is 6.69. The summed E-state index contributed by atoms with van der Waals surface area (Å²) in [5.74, 6) is 0. The van der Waals surface area contributed by atoms with Gasteiger partial charge in [0.15, 0.2) is 0 Å². The molecule has 0 aromatic carbocycles. The first-order chi connectivity index (χ1) is 4.34. The average molecular weight is 137 g/mol. The highest BCUT2D eigenvalue weighted by molar-refractivity contribution is 7.79. The van der Waals surface area contributed by atoms with Crippen LogP contribution in [0.2, 0.25) is 0 Å². The van der Waals surface area contributed by atoms with Crippen LogP contribution >= 0.6 is 12.8 Å². The lowest BCUT2D eigenvalue weighted by atomic mass is 10.1. The molecule has 1 nitrogen and oxygen atoms in total. The summed E-state index contributed by atoms with van der Waals surface area (Å²) in [7, 11) is 0. The lowest BCUT2D eigenvalue weighted by Crippen LogP contribution is -1.95. The molecule has 0 aromatic heterocycles. The van der Waals surface area contributed by atoms with Gasteiger partial charge in [0.25, 0.3) is 0 Å². The summed E-state index contributed by atoms with van der Waals surface area (Å²) in [4.78, 5) is 0. The van der Waals surface area contributed by atoms with Gasteiger partial charge in [-0.25, -0.2) is 4.40 Å². The Bertz CT molecular complexity index is 211. The summed E-state index contributed by atoms with van der Waals surface area (Å²) in [6.45, 7) is 3.75. The van der Waals surface area contributed by atoms with Crippen LogP contribution in [0.1, 0.15) is 0 Å². The molecule has 1 rings (SSSR count). The van der Waals surface area contributed by atoms with E-state index in [0.29, 0.717) is 0 Å². The molecule has 1 aliphatic rings. The van der Waals surface area contributed by atoms with Gasteiger partial charge in [-0.2, -0.15) is 0 Å². The predicted molar refractivity (Wildman–Crippen MR) is 43.8 cm³/mol. The summed E-state index contributed by atoms with van der Waals surface area (Å²) < 4.78 is 3.70. The zero-order valence-electron chi connectivity index (χ0n) is 4.91. The molecule has 0 aromatic rings. The molecule has 0 bridgehead atoms. The number of rotatable bonds is 0. The maximum Gasteiger partial charge on any atom is 0.0776 e. The summed E-state index contributed by atoms with van der Waals surface area (Å²) in [6.07, 6.45) is 7.60. The topological polar surface area (TPSA) is 12.4 Å². The highest BCUT2D eigenvalue weighted by Gasteiger charge is 1.97. The van der Waals surface area contributed by atoms with Gasteiger partial charge < -0.3 is 0 Å². The second-order valence-electron chi connectivity index (χ2n) is 1.73. The lowest BCUT2D eigenvalue weighted by Gasteiger charge is -2.00. The van der Waals surface area contributed by atoms with Crippen LogP contribution in [0, 0.1) is 0 Å². The van der Waals surface area contributed by atoms with Crippen LogP contribution in [0.25, 0.3) is 0 Å². The van der Waals surface area contributed by atoms with E-state index >= 15 is 0 Å². The Balaban J connectivity index is 2.91. The van der Waals surface area contributed by atoms with Crippen molar-refractivity contribution in [1.82, 2.24) is 0 Å². The van der Waals surface area contributed by atoms with E-state index in [-0.39, 0.29) is 0 Å². The fourth-order valence-corrected chi connectivity index (χ4v) is 0.803. The Morgan fingerprint density at radius 2 is 2.00 bits per heavy atom. The van der Waals surface area contributed by atoms with Crippen molar-refractivity contribution in [2.45, 2.75) is 0 Å². The Morgan fingerprint density at radius 1 is 1.33 bits per heavy atom. The van der Waals surface area contributed by atoms with Gasteiger partial charge in [-0.3, -0.25) is 0 Å². The van der Waals surface area contributed by atoms with E-state index in [1.165, 1.54) is 0 Å². The van der Waals surface area contributed by atoms with Crippen molar-refractivity contribution in [1.29, 1.82) is 0 Å². The van der Waals surface area contributed by atoms with Crippen LogP contribution in [0.3, 0.4) is 0 Å². The van der Waals surface area contributed by atoms with E-state index in [0.717, 1.165) is 11.3 Å². The lowest BCUT2D eigenvalue weighted by molar-refractivity contribution is 1.72. The van der Waals surface area contributed by atoms with E-state index in [2.05, 4.69) is 23.8 Å². The molecule has 0 aliphatic heterocycles. The molecule has 0 N–H and O–H groups in total. The molecule has 0 radical (unpaired) electrons. The minimum atomic E-state index is 0.834. The molecule has 1 aliphatic carbocycles. The number of allylic oxidation sites excluding steroid dienone is 5. The minimum absolute atomic E-state index is 0.834. The fraction of sp³-hybridized carbons (Fsp3) is 0. The molecule has 0 saturated heterocycles. The van der Waals surface area contributed by atoms with Gasteiger partial charge >= 0.3 is 0 Å². The Morgan fingerprint density at radius 3 is 2.44 bits per heavy atom. The van der Waals surface area contributed by atoms with Gasteiger partial charge in [-0.15, -0.1) is 0 Å². The third kappa shape index (κ3) is 1.33. The van der Waals surface area contributed by atoms with Gasteiger partial charge in [0, 0.05) is 0 Å². The third-order valence-electron chi connectivity index (χ3n) is 1.10. The van der Waals surface area contributed by atoms with E-state index in [1.54, 1.807) is 0 Å². The largest absolute Gasteiger partial charge is 0.219 e. The third-order valence-corrected chi connectivity index (χ3v) is 1.31. The standard InChI is InChI=1S/C7H7NS/c1-6-4-2-3-5-7(6)8-9/h2-5,9H,1H2/b8-7+. The van der Waals surface area contributed by atoms with Crippen molar-refractivity contribution in [3.8, 4) is 0 Å². The molecule has 2 heteroatoms. The molecule has 9 heavy (non-hydrogen) atoms. The zero-order valence-corrected chi connectivity index (χ0v) is 5.81. The van der Waals surface area contributed by atoms with E-state index in [9.17, 15) is 0 Å². The van der Waals surface area contributed by atoms with Crippen molar-refractivity contribution < 1.29 is 0 Å². The highest BCUT2D eigenvalue weighted by atomic mass is 32.1. The van der Waals surface area contributed by atoms with Gasteiger partial charge in [0.05, 0.1) is 5.71 Å². The van der Waals surface area contributed by atoms with Gasteiger partial charge in [0.1, 0.15) is 0 Å². The molecule has 0 spiro atoms. The van der Waals surface area contributed by atoms with Crippen LogP contribution in [-0.2, 0) is 0 Å². The maximum absolute atomic E-state index is 3.76. The average Bonchev–Trinajstić information content (AvgIpc) is 1.89. The number of hydrogen-bond acceptors (Lipinski definition) is 2. The molecule has 0 fully saturated rings.